The second-order valence-electron chi connectivity index (χ2n) is 5.68. The van der Waals surface area contributed by atoms with E-state index < -0.39 is 0 Å². The maximum absolute atomic E-state index is 9.05. The zero-order valence-corrected chi connectivity index (χ0v) is 11.7. The van der Waals surface area contributed by atoms with Crippen LogP contribution < -0.4 is 4.90 Å². The van der Waals surface area contributed by atoms with Gasteiger partial charge >= 0.3 is 0 Å². The van der Waals surface area contributed by atoms with Crippen LogP contribution >= 0.6 is 0 Å². The van der Waals surface area contributed by atoms with Crippen LogP contribution in [0.5, 0.6) is 0 Å². The zero-order chi connectivity index (χ0) is 13.0. The van der Waals surface area contributed by atoms with Gasteiger partial charge in [0.15, 0.2) is 0 Å². The number of aliphatic hydroxyl groups excluding tert-OH is 1. The van der Waals surface area contributed by atoms with Gasteiger partial charge in [-0.1, -0.05) is 38.8 Å². The standard InChI is InChI=1S/C16H25NO/c1-3-9-16(10-4-2)12-17(13-16)15-7-5-14(11-18)6-8-15/h5-8,18H,3-4,9-13H2,1-2H3. The van der Waals surface area contributed by atoms with Crippen LogP contribution in [0.25, 0.3) is 0 Å². The molecule has 18 heavy (non-hydrogen) atoms. The molecule has 2 nitrogen and oxygen atoms in total. The minimum atomic E-state index is 0.135. The SMILES string of the molecule is CCCC1(CCC)CN(c2ccc(CO)cc2)C1. The van der Waals surface area contributed by atoms with Crippen molar-refractivity contribution in [2.24, 2.45) is 5.41 Å². The Morgan fingerprint density at radius 1 is 1.06 bits per heavy atom. The zero-order valence-electron chi connectivity index (χ0n) is 11.7. The van der Waals surface area contributed by atoms with E-state index in [1.807, 2.05) is 12.1 Å². The Kier molecular flexibility index (Phi) is 4.28. The summed E-state index contributed by atoms with van der Waals surface area (Å²) in [5.74, 6) is 0. The van der Waals surface area contributed by atoms with E-state index in [0.717, 1.165) is 5.56 Å². The number of hydrogen-bond donors (Lipinski definition) is 1. The molecule has 0 atom stereocenters. The van der Waals surface area contributed by atoms with Gasteiger partial charge in [0.1, 0.15) is 0 Å². The van der Waals surface area contributed by atoms with Crippen LogP contribution in [0.3, 0.4) is 0 Å². The first-order valence-corrected chi connectivity index (χ1v) is 7.18. The van der Waals surface area contributed by atoms with Gasteiger partial charge in [0.25, 0.3) is 0 Å². The highest BCUT2D eigenvalue weighted by atomic mass is 16.3. The van der Waals surface area contributed by atoms with Crippen LogP contribution in [0, 0.1) is 5.41 Å². The van der Waals surface area contributed by atoms with Crippen LogP contribution in [0.4, 0.5) is 5.69 Å². The van der Waals surface area contributed by atoms with Crippen molar-refractivity contribution < 1.29 is 5.11 Å². The molecule has 0 radical (unpaired) electrons. The monoisotopic (exact) mass is 247 g/mol. The lowest BCUT2D eigenvalue weighted by molar-refractivity contribution is 0.173. The molecule has 1 aromatic carbocycles. The van der Waals surface area contributed by atoms with Gasteiger partial charge in [-0.25, -0.2) is 0 Å². The number of rotatable bonds is 6. The first kappa shape index (κ1) is 13.4. The van der Waals surface area contributed by atoms with E-state index in [4.69, 9.17) is 5.11 Å². The highest BCUT2D eigenvalue weighted by Crippen LogP contribution is 2.41. The Morgan fingerprint density at radius 2 is 1.61 bits per heavy atom. The predicted octanol–water partition coefficient (Wildman–Crippen LogP) is 3.59. The van der Waals surface area contributed by atoms with Crippen LogP contribution in [-0.2, 0) is 6.61 Å². The predicted molar refractivity (Wildman–Crippen MR) is 76.8 cm³/mol. The van der Waals surface area contributed by atoms with Crippen LogP contribution in [0.2, 0.25) is 0 Å². The minimum absolute atomic E-state index is 0.135. The number of aliphatic hydroxyl groups is 1. The molecule has 0 saturated carbocycles. The number of benzene rings is 1. The van der Waals surface area contributed by atoms with Crippen LogP contribution in [0.1, 0.15) is 45.1 Å². The molecule has 1 fully saturated rings. The number of hydrogen-bond acceptors (Lipinski definition) is 2. The number of anilines is 1. The summed E-state index contributed by atoms with van der Waals surface area (Å²) in [4.78, 5) is 2.46. The lowest BCUT2D eigenvalue weighted by atomic mass is 9.72. The molecule has 2 heteroatoms. The molecule has 100 valence electrons. The molecule has 0 amide bonds. The molecule has 0 spiro atoms. The molecular weight excluding hydrogens is 222 g/mol. The summed E-state index contributed by atoms with van der Waals surface area (Å²) in [6.45, 7) is 7.11. The largest absolute Gasteiger partial charge is 0.392 e. The van der Waals surface area contributed by atoms with E-state index in [1.165, 1.54) is 44.5 Å². The lowest BCUT2D eigenvalue weighted by Crippen LogP contribution is -2.56. The summed E-state index contributed by atoms with van der Waals surface area (Å²) in [7, 11) is 0. The van der Waals surface area contributed by atoms with E-state index in [2.05, 4.69) is 30.9 Å². The smallest absolute Gasteiger partial charge is 0.0681 e. The summed E-state index contributed by atoms with van der Waals surface area (Å²) >= 11 is 0. The molecule has 1 N–H and O–H groups in total. The molecule has 2 rings (SSSR count). The molecule has 0 bridgehead atoms. The second kappa shape index (κ2) is 5.75. The fraction of sp³-hybridized carbons (Fsp3) is 0.625. The van der Waals surface area contributed by atoms with Gasteiger partial charge in [-0.05, 0) is 30.5 Å². The maximum atomic E-state index is 9.05. The third-order valence-corrected chi connectivity index (χ3v) is 4.10. The molecule has 0 unspecified atom stereocenters. The van der Waals surface area contributed by atoms with E-state index in [9.17, 15) is 0 Å². The molecular formula is C16H25NO. The van der Waals surface area contributed by atoms with Crippen molar-refractivity contribution >= 4 is 5.69 Å². The van der Waals surface area contributed by atoms with Gasteiger partial charge in [-0.15, -0.1) is 0 Å². The van der Waals surface area contributed by atoms with Crippen LogP contribution in [-0.4, -0.2) is 18.2 Å². The van der Waals surface area contributed by atoms with E-state index in [0.29, 0.717) is 5.41 Å². The Balaban J connectivity index is 1.97. The van der Waals surface area contributed by atoms with Crippen molar-refractivity contribution in [3.05, 3.63) is 29.8 Å². The first-order chi connectivity index (χ1) is 8.73. The third-order valence-electron chi connectivity index (χ3n) is 4.10. The van der Waals surface area contributed by atoms with E-state index in [1.54, 1.807) is 0 Å². The van der Waals surface area contributed by atoms with Crippen molar-refractivity contribution in [3.8, 4) is 0 Å². The molecule has 1 saturated heterocycles. The van der Waals surface area contributed by atoms with Crippen molar-refractivity contribution in [3.63, 3.8) is 0 Å². The van der Waals surface area contributed by atoms with Gasteiger partial charge in [0, 0.05) is 24.2 Å². The van der Waals surface area contributed by atoms with Gasteiger partial charge in [0.2, 0.25) is 0 Å². The van der Waals surface area contributed by atoms with Crippen molar-refractivity contribution in [2.75, 3.05) is 18.0 Å². The molecule has 0 aromatic heterocycles. The van der Waals surface area contributed by atoms with Gasteiger partial charge < -0.3 is 10.0 Å². The van der Waals surface area contributed by atoms with Crippen molar-refractivity contribution in [1.82, 2.24) is 0 Å². The summed E-state index contributed by atoms with van der Waals surface area (Å²) in [6.07, 6.45) is 5.28. The average Bonchev–Trinajstić information content (AvgIpc) is 2.36. The van der Waals surface area contributed by atoms with Crippen molar-refractivity contribution in [1.29, 1.82) is 0 Å². The average molecular weight is 247 g/mol. The summed E-state index contributed by atoms with van der Waals surface area (Å²) < 4.78 is 0. The minimum Gasteiger partial charge on any atom is -0.392 e. The second-order valence-corrected chi connectivity index (χ2v) is 5.68. The Labute approximate surface area is 111 Å². The summed E-state index contributed by atoms with van der Waals surface area (Å²) in [6, 6.07) is 8.31. The lowest BCUT2D eigenvalue weighted by Gasteiger charge is -2.52. The third kappa shape index (κ3) is 2.69. The van der Waals surface area contributed by atoms with Crippen LogP contribution in [0.15, 0.2) is 24.3 Å². The normalized spacial score (nSPS) is 17.6. The molecule has 1 heterocycles. The summed E-state index contributed by atoms with van der Waals surface area (Å²) in [5.41, 5.74) is 2.86. The van der Waals surface area contributed by atoms with Gasteiger partial charge in [0.05, 0.1) is 6.61 Å². The highest BCUT2D eigenvalue weighted by Gasteiger charge is 2.41. The van der Waals surface area contributed by atoms with E-state index in [-0.39, 0.29) is 6.61 Å². The fourth-order valence-corrected chi connectivity index (χ4v) is 3.26. The first-order valence-electron chi connectivity index (χ1n) is 7.18. The molecule has 1 aromatic rings. The Hall–Kier alpha value is -1.02. The number of nitrogens with zero attached hydrogens (tertiary/aromatic N) is 1. The Morgan fingerprint density at radius 3 is 2.06 bits per heavy atom. The molecule has 1 aliphatic rings. The summed E-state index contributed by atoms with van der Waals surface area (Å²) in [5, 5.41) is 9.05. The van der Waals surface area contributed by atoms with Gasteiger partial charge in [-0.2, -0.15) is 0 Å². The highest BCUT2D eigenvalue weighted by molar-refractivity contribution is 5.50. The Bertz CT molecular complexity index is 357. The quantitative estimate of drug-likeness (QED) is 0.830. The maximum Gasteiger partial charge on any atom is 0.0681 e. The van der Waals surface area contributed by atoms with Crippen molar-refractivity contribution in [2.45, 2.75) is 46.1 Å². The topological polar surface area (TPSA) is 23.5 Å². The van der Waals surface area contributed by atoms with E-state index >= 15 is 0 Å². The molecule has 0 aliphatic carbocycles. The fourth-order valence-electron chi connectivity index (χ4n) is 3.26. The molecule has 1 aliphatic heterocycles. The van der Waals surface area contributed by atoms with Gasteiger partial charge in [-0.3, -0.25) is 0 Å².